The Morgan fingerprint density at radius 3 is 2.09 bits per heavy atom. The fraction of sp³-hybridized carbons (Fsp3) is 0.120. The first-order valence-electron chi connectivity index (χ1n) is 9.71. The molecular weight excluding hydrogens is 419 g/mol. The molecule has 4 nitrogen and oxygen atoms in total. The average Bonchev–Trinajstić information content (AvgIpc) is 3.17. The third-order valence-electron chi connectivity index (χ3n) is 5.29. The lowest BCUT2D eigenvalue weighted by Gasteiger charge is -2.08. The number of ketones is 2. The Morgan fingerprint density at radius 2 is 1.53 bits per heavy atom. The van der Waals surface area contributed by atoms with E-state index in [9.17, 15) is 22.8 Å². The van der Waals surface area contributed by atoms with Crippen LogP contribution in [0.5, 0.6) is 5.75 Å². The molecule has 2 aromatic heterocycles. The Bertz CT molecular complexity index is 1320. The zero-order chi connectivity index (χ0) is 23.0. The Labute approximate surface area is 181 Å². The van der Waals surface area contributed by atoms with Gasteiger partial charge in [-0.15, -0.1) is 0 Å². The van der Waals surface area contributed by atoms with Gasteiger partial charge < -0.3 is 9.14 Å². The van der Waals surface area contributed by atoms with Gasteiger partial charge in [-0.05, 0) is 67.1 Å². The molecule has 4 aromatic rings. The maximum absolute atomic E-state index is 13.2. The second-order valence-corrected chi connectivity index (χ2v) is 7.30. The molecule has 162 valence electrons. The summed E-state index contributed by atoms with van der Waals surface area (Å²) in [5.74, 6) is 0.185. The molecule has 0 atom stereocenters. The molecule has 0 unspecified atom stereocenters. The van der Waals surface area contributed by atoms with Crippen molar-refractivity contribution in [1.82, 2.24) is 4.40 Å². The number of aromatic nitrogens is 1. The zero-order valence-corrected chi connectivity index (χ0v) is 17.2. The molecule has 0 N–H and O–H groups in total. The van der Waals surface area contributed by atoms with E-state index in [1.165, 1.54) is 26.2 Å². The van der Waals surface area contributed by atoms with Gasteiger partial charge in [0, 0.05) is 22.9 Å². The number of carbonyl (C=O) groups excluding carboxylic acids is 2. The van der Waals surface area contributed by atoms with Crippen molar-refractivity contribution in [3.05, 3.63) is 95.3 Å². The van der Waals surface area contributed by atoms with Gasteiger partial charge in [0.15, 0.2) is 5.78 Å². The number of alkyl halides is 3. The summed E-state index contributed by atoms with van der Waals surface area (Å²) in [6.07, 6.45) is -2.82. The van der Waals surface area contributed by atoms with Crippen LogP contribution in [0.2, 0.25) is 0 Å². The number of hydrogen-bond acceptors (Lipinski definition) is 3. The van der Waals surface area contributed by atoms with Crippen LogP contribution < -0.4 is 4.74 Å². The van der Waals surface area contributed by atoms with Crippen LogP contribution in [-0.4, -0.2) is 23.1 Å². The molecule has 0 aliphatic heterocycles. The summed E-state index contributed by atoms with van der Waals surface area (Å²) in [6.45, 7) is 1.43. The molecule has 7 heteroatoms. The van der Waals surface area contributed by atoms with Crippen LogP contribution in [-0.2, 0) is 6.18 Å². The molecule has 32 heavy (non-hydrogen) atoms. The summed E-state index contributed by atoms with van der Waals surface area (Å²) in [7, 11) is 1.53. The number of carbonyl (C=O) groups is 2. The molecule has 0 saturated heterocycles. The number of benzene rings is 2. The lowest BCUT2D eigenvalue weighted by Crippen LogP contribution is -2.05. The number of nitrogens with zero attached hydrogens (tertiary/aromatic N) is 1. The standard InChI is InChI=1S/C25H18F3NO3/c1-15(30)18-11-12-29-22(13-18)21(16-3-7-19(8-4-16)25(26,27)28)14-23(29)24(31)17-5-9-20(32-2)10-6-17/h3-14H,1-2H3. The van der Waals surface area contributed by atoms with E-state index in [1.807, 2.05) is 0 Å². The first-order chi connectivity index (χ1) is 15.2. The van der Waals surface area contributed by atoms with E-state index in [4.69, 9.17) is 4.74 Å². The monoisotopic (exact) mass is 437 g/mol. The van der Waals surface area contributed by atoms with Crippen molar-refractivity contribution in [2.45, 2.75) is 13.1 Å². The van der Waals surface area contributed by atoms with E-state index in [0.29, 0.717) is 39.2 Å². The van der Waals surface area contributed by atoms with Crippen LogP contribution in [0.25, 0.3) is 16.6 Å². The van der Waals surface area contributed by atoms with Crippen LogP contribution in [0.3, 0.4) is 0 Å². The van der Waals surface area contributed by atoms with Gasteiger partial charge in [-0.2, -0.15) is 13.2 Å². The van der Waals surface area contributed by atoms with E-state index in [2.05, 4.69) is 0 Å². The van der Waals surface area contributed by atoms with E-state index in [1.54, 1.807) is 53.1 Å². The second-order valence-electron chi connectivity index (χ2n) is 7.30. The summed E-state index contributed by atoms with van der Waals surface area (Å²) in [6, 6.07) is 16.2. The maximum atomic E-state index is 13.2. The van der Waals surface area contributed by atoms with Crippen molar-refractivity contribution in [3.63, 3.8) is 0 Å². The zero-order valence-electron chi connectivity index (χ0n) is 17.2. The SMILES string of the molecule is COc1ccc(C(=O)c2cc(-c3ccc(C(F)(F)F)cc3)c3cc(C(C)=O)ccn23)cc1. The molecule has 4 rings (SSSR count). The minimum Gasteiger partial charge on any atom is -0.497 e. The third-order valence-corrected chi connectivity index (χ3v) is 5.29. The fourth-order valence-corrected chi connectivity index (χ4v) is 3.55. The number of pyridine rings is 1. The summed E-state index contributed by atoms with van der Waals surface area (Å²) >= 11 is 0. The minimum absolute atomic E-state index is 0.157. The van der Waals surface area contributed by atoms with E-state index >= 15 is 0 Å². The number of rotatable bonds is 5. The van der Waals surface area contributed by atoms with Gasteiger partial charge in [0.05, 0.1) is 23.9 Å². The third kappa shape index (κ3) is 3.89. The van der Waals surface area contributed by atoms with Gasteiger partial charge in [-0.3, -0.25) is 9.59 Å². The molecule has 0 saturated carbocycles. The summed E-state index contributed by atoms with van der Waals surface area (Å²) in [4.78, 5) is 25.1. The highest BCUT2D eigenvalue weighted by Gasteiger charge is 2.30. The lowest BCUT2D eigenvalue weighted by atomic mass is 10.0. The van der Waals surface area contributed by atoms with Gasteiger partial charge in [0.2, 0.25) is 5.78 Å². The molecular formula is C25H18F3NO3. The quantitative estimate of drug-likeness (QED) is 0.356. The summed E-state index contributed by atoms with van der Waals surface area (Å²) < 4.78 is 45.7. The van der Waals surface area contributed by atoms with Crippen LogP contribution in [0, 0.1) is 0 Å². The summed E-state index contributed by atoms with van der Waals surface area (Å²) in [5, 5.41) is 0. The molecule has 0 amide bonds. The van der Waals surface area contributed by atoms with Crippen LogP contribution in [0.4, 0.5) is 13.2 Å². The molecule has 2 heterocycles. The largest absolute Gasteiger partial charge is 0.497 e. The predicted octanol–water partition coefficient (Wildman–Crippen LogP) is 6.07. The number of methoxy groups -OCH3 is 1. The highest BCUT2D eigenvalue weighted by molar-refractivity contribution is 6.10. The van der Waals surface area contributed by atoms with E-state index in [0.717, 1.165) is 12.1 Å². The van der Waals surface area contributed by atoms with Gasteiger partial charge in [-0.1, -0.05) is 12.1 Å². The Balaban J connectivity index is 1.87. The number of Topliss-reactive ketones (excluding diaryl/α,β-unsaturated/α-hetero) is 1. The van der Waals surface area contributed by atoms with Crippen LogP contribution >= 0.6 is 0 Å². The minimum atomic E-state index is -4.45. The van der Waals surface area contributed by atoms with Gasteiger partial charge in [0.25, 0.3) is 0 Å². The Kier molecular flexibility index (Phi) is 5.34. The predicted molar refractivity (Wildman–Crippen MR) is 114 cm³/mol. The first-order valence-corrected chi connectivity index (χ1v) is 9.71. The first kappa shape index (κ1) is 21.4. The second kappa shape index (κ2) is 8.00. The average molecular weight is 437 g/mol. The fourth-order valence-electron chi connectivity index (χ4n) is 3.55. The summed E-state index contributed by atoms with van der Waals surface area (Å²) in [5.41, 5.74) is 2.05. The van der Waals surface area contributed by atoms with Gasteiger partial charge in [-0.25, -0.2) is 0 Å². The van der Waals surface area contributed by atoms with Crippen molar-refractivity contribution in [2.24, 2.45) is 0 Å². The van der Waals surface area contributed by atoms with E-state index < -0.39 is 11.7 Å². The molecule has 0 bridgehead atoms. The van der Waals surface area contributed by atoms with Crippen LogP contribution in [0.15, 0.2) is 72.9 Å². The van der Waals surface area contributed by atoms with Crippen molar-refractivity contribution in [2.75, 3.05) is 7.11 Å². The Morgan fingerprint density at radius 1 is 0.875 bits per heavy atom. The molecule has 0 aliphatic carbocycles. The molecule has 0 fully saturated rings. The van der Waals surface area contributed by atoms with Gasteiger partial charge in [0.1, 0.15) is 5.75 Å². The van der Waals surface area contributed by atoms with E-state index in [-0.39, 0.29) is 11.6 Å². The molecule has 0 spiro atoms. The number of ether oxygens (including phenoxy) is 1. The molecule has 2 aromatic carbocycles. The maximum Gasteiger partial charge on any atom is 0.416 e. The normalized spacial score (nSPS) is 11.5. The smallest absolute Gasteiger partial charge is 0.416 e. The van der Waals surface area contributed by atoms with Crippen molar-refractivity contribution in [1.29, 1.82) is 0 Å². The van der Waals surface area contributed by atoms with Crippen molar-refractivity contribution in [3.8, 4) is 16.9 Å². The molecule has 0 radical (unpaired) electrons. The van der Waals surface area contributed by atoms with Crippen molar-refractivity contribution < 1.29 is 27.5 Å². The Hall–Kier alpha value is -3.87. The van der Waals surface area contributed by atoms with Gasteiger partial charge >= 0.3 is 6.18 Å². The van der Waals surface area contributed by atoms with Crippen LogP contribution in [0.1, 0.15) is 38.9 Å². The topological polar surface area (TPSA) is 47.8 Å². The number of halogens is 3. The van der Waals surface area contributed by atoms with Crippen molar-refractivity contribution >= 4 is 17.1 Å². The lowest BCUT2D eigenvalue weighted by molar-refractivity contribution is -0.137. The number of hydrogen-bond donors (Lipinski definition) is 0. The molecule has 0 aliphatic rings. The number of fused-ring (bicyclic) bond motifs is 1. The highest BCUT2D eigenvalue weighted by atomic mass is 19.4. The highest BCUT2D eigenvalue weighted by Crippen LogP contribution is 2.34.